The molecule has 7 heteroatoms. The second kappa shape index (κ2) is 11.8. The van der Waals surface area contributed by atoms with Gasteiger partial charge in [0.1, 0.15) is 5.75 Å². The van der Waals surface area contributed by atoms with Crippen LogP contribution < -0.4 is 15.4 Å². The zero-order valence-electron chi connectivity index (χ0n) is 14.6. The molecular weight excluding hydrogens is 333 g/mol. The van der Waals surface area contributed by atoms with Crippen molar-refractivity contribution in [3.8, 4) is 5.75 Å². The molecule has 0 aromatic heterocycles. The number of anilines is 2. The predicted octanol–water partition coefficient (Wildman–Crippen LogP) is 5.93. The van der Waals surface area contributed by atoms with Crippen LogP contribution in [0.25, 0.3) is 0 Å². The van der Waals surface area contributed by atoms with Crippen molar-refractivity contribution in [2.75, 3.05) is 17.7 Å². The number of hydrogen-bond donors (Lipinski definition) is 2. The molecule has 0 spiro atoms. The highest BCUT2D eigenvalue weighted by molar-refractivity contribution is 6.00. The summed E-state index contributed by atoms with van der Waals surface area (Å²) in [5.41, 5.74) is 1.37. The molecule has 0 bridgehead atoms. The Bertz CT molecular complexity index is 611. The first-order valence-corrected chi connectivity index (χ1v) is 7.62. The highest BCUT2D eigenvalue weighted by atomic mass is 19.4. The number of carbonyl (C=O) groups is 1. The van der Waals surface area contributed by atoms with E-state index in [0.717, 1.165) is 5.69 Å². The molecule has 0 saturated carbocycles. The monoisotopic (exact) mass is 356 g/mol. The van der Waals surface area contributed by atoms with Crippen molar-refractivity contribution in [3.05, 3.63) is 54.6 Å². The van der Waals surface area contributed by atoms with Gasteiger partial charge in [0.2, 0.25) is 0 Å². The van der Waals surface area contributed by atoms with Crippen molar-refractivity contribution in [3.63, 3.8) is 0 Å². The van der Waals surface area contributed by atoms with E-state index in [2.05, 4.69) is 10.6 Å². The predicted molar refractivity (Wildman–Crippen MR) is 95.2 cm³/mol. The largest absolute Gasteiger partial charge is 0.495 e. The minimum absolute atomic E-state index is 0.188. The Kier molecular flexibility index (Phi) is 10.5. The average molecular weight is 356 g/mol. The maximum absolute atomic E-state index is 11.8. The standard InChI is InChI=1S/C14H14N2O2.C2H3F3.C2H6/c1-18-13-10-6-5-9-12(13)16-14(17)15-11-7-3-2-4-8-11;1-2(3,4)5;1-2/h2-10H,1H3,(H2,15,16,17);1H3;1-2H3. The van der Waals surface area contributed by atoms with Gasteiger partial charge in [0.05, 0.1) is 12.8 Å². The molecule has 0 aliphatic heterocycles. The third kappa shape index (κ3) is 11.5. The number of carbonyl (C=O) groups excluding carboxylic acids is 1. The van der Waals surface area contributed by atoms with E-state index in [1.165, 1.54) is 0 Å². The Morgan fingerprint density at radius 3 is 1.92 bits per heavy atom. The Hall–Kier alpha value is -2.70. The molecule has 2 aromatic rings. The lowest BCUT2D eigenvalue weighted by atomic mass is 10.3. The van der Waals surface area contributed by atoms with Crippen LogP contribution >= 0.6 is 0 Å². The van der Waals surface area contributed by atoms with Gasteiger partial charge in [-0.25, -0.2) is 4.79 Å². The van der Waals surface area contributed by atoms with E-state index in [-0.39, 0.29) is 13.0 Å². The number of urea groups is 1. The van der Waals surface area contributed by atoms with Crippen molar-refractivity contribution in [1.29, 1.82) is 0 Å². The molecule has 2 amide bonds. The van der Waals surface area contributed by atoms with Crippen molar-refractivity contribution < 1.29 is 22.7 Å². The minimum atomic E-state index is -4.00. The van der Waals surface area contributed by atoms with Crippen LogP contribution in [0.1, 0.15) is 20.8 Å². The fourth-order valence-corrected chi connectivity index (χ4v) is 1.55. The van der Waals surface area contributed by atoms with Gasteiger partial charge in [-0.1, -0.05) is 44.2 Å². The summed E-state index contributed by atoms with van der Waals surface area (Å²) < 4.78 is 36.2. The molecule has 0 aliphatic carbocycles. The number of hydrogen-bond acceptors (Lipinski definition) is 2. The normalized spacial score (nSPS) is 9.56. The second-order valence-corrected chi connectivity index (χ2v) is 4.43. The number of alkyl halides is 3. The number of nitrogens with one attached hydrogen (secondary N) is 2. The quantitative estimate of drug-likeness (QED) is 0.716. The third-order valence-electron chi connectivity index (χ3n) is 2.39. The van der Waals surface area contributed by atoms with Crippen molar-refractivity contribution in [1.82, 2.24) is 0 Å². The average Bonchev–Trinajstić information content (AvgIpc) is 2.56. The maximum Gasteiger partial charge on any atom is 0.386 e. The van der Waals surface area contributed by atoms with Gasteiger partial charge in [-0.15, -0.1) is 0 Å². The van der Waals surface area contributed by atoms with Gasteiger partial charge >= 0.3 is 12.2 Å². The number of ether oxygens (including phenoxy) is 1. The number of para-hydroxylation sites is 3. The van der Waals surface area contributed by atoms with Gasteiger partial charge in [0.25, 0.3) is 0 Å². The number of rotatable bonds is 3. The van der Waals surface area contributed by atoms with Crippen molar-refractivity contribution in [2.45, 2.75) is 26.9 Å². The summed E-state index contributed by atoms with van der Waals surface area (Å²) in [4.78, 5) is 11.8. The van der Waals surface area contributed by atoms with Gasteiger partial charge in [-0.2, -0.15) is 13.2 Å². The molecule has 0 fully saturated rings. The summed E-state index contributed by atoms with van der Waals surface area (Å²) in [7, 11) is 1.57. The fourth-order valence-electron chi connectivity index (χ4n) is 1.55. The Morgan fingerprint density at radius 2 is 1.40 bits per heavy atom. The van der Waals surface area contributed by atoms with Crippen LogP contribution in [0.3, 0.4) is 0 Å². The Labute approximate surface area is 146 Å². The van der Waals surface area contributed by atoms with E-state index in [0.29, 0.717) is 11.4 Å². The summed E-state index contributed by atoms with van der Waals surface area (Å²) in [6, 6.07) is 16.2. The lowest BCUT2D eigenvalue weighted by Crippen LogP contribution is -2.19. The maximum atomic E-state index is 11.8. The lowest BCUT2D eigenvalue weighted by molar-refractivity contribution is -0.110. The molecule has 0 heterocycles. The molecule has 138 valence electrons. The van der Waals surface area contributed by atoms with Gasteiger partial charge < -0.3 is 15.4 Å². The molecule has 2 aromatic carbocycles. The van der Waals surface area contributed by atoms with Crippen molar-refractivity contribution >= 4 is 17.4 Å². The zero-order chi connectivity index (χ0) is 19.3. The Balaban J connectivity index is 0.000000710. The molecule has 2 rings (SSSR count). The molecule has 0 atom stereocenters. The molecule has 0 aliphatic rings. The number of amides is 2. The molecule has 0 saturated heterocycles. The molecule has 0 radical (unpaired) electrons. The topological polar surface area (TPSA) is 50.4 Å². The van der Waals surface area contributed by atoms with Crippen LogP contribution in [0.5, 0.6) is 5.75 Å². The van der Waals surface area contributed by atoms with Crippen molar-refractivity contribution in [2.24, 2.45) is 0 Å². The van der Waals surface area contributed by atoms with Crippen LogP contribution in [0.4, 0.5) is 29.3 Å². The third-order valence-corrected chi connectivity index (χ3v) is 2.39. The second-order valence-electron chi connectivity index (χ2n) is 4.43. The highest BCUT2D eigenvalue weighted by Crippen LogP contribution is 2.23. The van der Waals surface area contributed by atoms with Crippen LogP contribution in [-0.4, -0.2) is 19.3 Å². The van der Waals surface area contributed by atoms with Gasteiger partial charge in [0.15, 0.2) is 0 Å². The van der Waals surface area contributed by atoms with Crippen LogP contribution in [0.2, 0.25) is 0 Å². The van der Waals surface area contributed by atoms with Crippen LogP contribution in [0, 0.1) is 0 Å². The molecule has 2 N–H and O–H groups in total. The lowest BCUT2D eigenvalue weighted by Gasteiger charge is -2.10. The first-order chi connectivity index (χ1) is 11.8. The van der Waals surface area contributed by atoms with E-state index in [9.17, 15) is 18.0 Å². The van der Waals surface area contributed by atoms with E-state index in [4.69, 9.17) is 4.74 Å². The van der Waals surface area contributed by atoms with Crippen LogP contribution in [0.15, 0.2) is 54.6 Å². The summed E-state index contributed by atoms with van der Waals surface area (Å²) >= 11 is 0. The smallest absolute Gasteiger partial charge is 0.386 e. The SMILES string of the molecule is CC.CC(F)(F)F.COc1ccccc1NC(=O)Nc1ccccc1. The van der Waals surface area contributed by atoms with Crippen LogP contribution in [-0.2, 0) is 0 Å². The highest BCUT2D eigenvalue weighted by Gasteiger charge is 2.15. The number of halogens is 3. The van der Waals surface area contributed by atoms with Gasteiger partial charge in [-0.3, -0.25) is 0 Å². The summed E-state index contributed by atoms with van der Waals surface area (Å²) in [6.07, 6.45) is -4.00. The summed E-state index contributed by atoms with van der Waals surface area (Å²) in [5.74, 6) is 0.626. The van der Waals surface area contributed by atoms with E-state index >= 15 is 0 Å². The molecule has 25 heavy (non-hydrogen) atoms. The van der Waals surface area contributed by atoms with E-state index < -0.39 is 6.18 Å². The molecule has 4 nitrogen and oxygen atoms in total. The zero-order valence-corrected chi connectivity index (χ0v) is 14.6. The van der Waals surface area contributed by atoms with E-state index in [1.54, 1.807) is 19.2 Å². The number of methoxy groups -OCH3 is 1. The first kappa shape index (κ1) is 22.3. The summed E-state index contributed by atoms with van der Waals surface area (Å²) in [5, 5.41) is 5.47. The molecular formula is C18H23F3N2O2. The molecule has 0 unspecified atom stereocenters. The number of benzene rings is 2. The van der Waals surface area contributed by atoms with E-state index in [1.807, 2.05) is 56.3 Å². The Morgan fingerprint density at radius 1 is 0.920 bits per heavy atom. The van der Waals surface area contributed by atoms with Gasteiger partial charge in [-0.05, 0) is 24.3 Å². The summed E-state index contributed by atoms with van der Waals surface area (Å²) in [6.45, 7) is 4.19. The fraction of sp³-hybridized carbons (Fsp3) is 0.278. The minimum Gasteiger partial charge on any atom is -0.495 e. The first-order valence-electron chi connectivity index (χ1n) is 7.62. The van der Waals surface area contributed by atoms with Gasteiger partial charge in [0, 0.05) is 12.6 Å².